The first-order chi connectivity index (χ1) is 9.10. The van der Waals surface area contributed by atoms with Gasteiger partial charge in [-0.15, -0.1) is 10.2 Å². The number of thiazole rings is 1. The van der Waals surface area contributed by atoms with Crippen LogP contribution in [0.3, 0.4) is 0 Å². The fourth-order valence-corrected chi connectivity index (χ4v) is 2.78. The van der Waals surface area contributed by atoms with Crippen molar-refractivity contribution in [3.63, 3.8) is 0 Å². The number of hydrogen-bond donors (Lipinski definition) is 2. The lowest BCUT2D eigenvalue weighted by molar-refractivity contribution is -0.133. The van der Waals surface area contributed by atoms with Gasteiger partial charge in [0.15, 0.2) is 5.16 Å². The fraction of sp³-hybridized carbons (Fsp3) is 0.400. The molecule has 0 radical (unpaired) electrons. The van der Waals surface area contributed by atoms with Gasteiger partial charge in [-0.05, 0) is 0 Å². The van der Waals surface area contributed by atoms with Crippen molar-refractivity contribution in [2.75, 3.05) is 5.75 Å². The summed E-state index contributed by atoms with van der Waals surface area (Å²) in [7, 11) is 0. The Labute approximate surface area is 116 Å². The predicted octanol–water partition coefficient (Wildman–Crippen LogP) is 0.815. The number of nitrogens with zero attached hydrogens (tertiary/aromatic N) is 3. The van der Waals surface area contributed by atoms with Crippen LogP contribution >= 0.6 is 23.1 Å². The number of carbonyl (C=O) groups is 1. The molecule has 0 aromatic carbocycles. The van der Waals surface area contributed by atoms with Crippen molar-refractivity contribution in [3.8, 4) is 0 Å². The van der Waals surface area contributed by atoms with E-state index >= 15 is 0 Å². The van der Waals surface area contributed by atoms with E-state index in [0.29, 0.717) is 18.1 Å². The lowest BCUT2D eigenvalue weighted by atomic mass is 10.4. The molecule has 2 heterocycles. The first-order valence-electron chi connectivity index (χ1n) is 5.53. The molecule has 0 amide bonds. The summed E-state index contributed by atoms with van der Waals surface area (Å²) in [6.07, 6.45) is 0.689. The Kier molecular flexibility index (Phi) is 4.38. The molecular formula is C10H12N4O3S2. The molecule has 0 aliphatic rings. The van der Waals surface area contributed by atoms with E-state index < -0.39 is 5.97 Å². The first kappa shape index (κ1) is 13.8. The number of carboxylic acid groups (broad SMARTS) is 1. The highest BCUT2D eigenvalue weighted by Crippen LogP contribution is 2.18. The van der Waals surface area contributed by atoms with Crippen LogP contribution in [0.1, 0.15) is 18.4 Å². The van der Waals surface area contributed by atoms with E-state index in [-0.39, 0.29) is 10.6 Å². The number of thioether (sulfide) groups is 1. The third-order valence-electron chi connectivity index (χ3n) is 2.33. The van der Waals surface area contributed by atoms with E-state index in [0.717, 1.165) is 34.6 Å². The maximum absolute atomic E-state index is 11.1. The average Bonchev–Trinajstić information content (AvgIpc) is 2.94. The number of aliphatic carboxylic acids is 1. The van der Waals surface area contributed by atoms with Crippen molar-refractivity contribution in [1.82, 2.24) is 19.7 Å². The zero-order valence-corrected chi connectivity index (χ0v) is 11.8. The van der Waals surface area contributed by atoms with Crippen LogP contribution in [0.4, 0.5) is 0 Å². The van der Waals surface area contributed by atoms with Gasteiger partial charge in [-0.2, -0.15) is 0 Å². The van der Waals surface area contributed by atoms with E-state index in [4.69, 9.17) is 5.11 Å². The quantitative estimate of drug-likeness (QED) is 0.766. The molecule has 0 aliphatic carbocycles. The Hall–Kier alpha value is -1.61. The second-order valence-corrected chi connectivity index (χ2v) is 5.48. The minimum Gasteiger partial charge on any atom is -0.481 e. The normalized spacial score (nSPS) is 10.8. The van der Waals surface area contributed by atoms with Crippen molar-refractivity contribution in [1.29, 1.82) is 0 Å². The second-order valence-electron chi connectivity index (χ2n) is 3.69. The number of H-pyrrole nitrogens is 1. The summed E-state index contributed by atoms with van der Waals surface area (Å²) >= 11 is 2.22. The number of nitrogens with one attached hydrogen (secondary N) is 1. The third kappa shape index (κ3) is 3.44. The van der Waals surface area contributed by atoms with Crippen molar-refractivity contribution in [2.45, 2.75) is 25.0 Å². The molecule has 0 atom stereocenters. The van der Waals surface area contributed by atoms with Crippen molar-refractivity contribution >= 4 is 29.1 Å². The minimum atomic E-state index is -0.901. The Balaban J connectivity index is 2.23. The SMILES string of the molecule is CCc1nnc(SCC(=O)O)n1Cc1csc(=O)[nH]1. The van der Waals surface area contributed by atoms with Crippen molar-refractivity contribution < 1.29 is 9.90 Å². The topological polar surface area (TPSA) is 101 Å². The first-order valence-corrected chi connectivity index (χ1v) is 7.40. The van der Waals surface area contributed by atoms with Gasteiger partial charge in [0, 0.05) is 17.5 Å². The standard InChI is InChI=1S/C10H12N4O3S2/c1-2-7-12-13-9(18-5-8(15)16)14(7)3-6-4-19-10(17)11-6/h4H,2-3,5H2,1H3,(H,11,17)(H,15,16). The molecule has 0 saturated heterocycles. The molecule has 2 aromatic heterocycles. The highest BCUT2D eigenvalue weighted by atomic mass is 32.2. The number of hydrogen-bond acceptors (Lipinski definition) is 6. The fourth-order valence-electron chi connectivity index (χ4n) is 1.53. The Morgan fingerprint density at radius 2 is 2.37 bits per heavy atom. The highest BCUT2D eigenvalue weighted by molar-refractivity contribution is 7.99. The monoisotopic (exact) mass is 300 g/mol. The summed E-state index contributed by atoms with van der Waals surface area (Å²) in [6, 6.07) is 0. The van der Waals surface area contributed by atoms with Gasteiger partial charge in [-0.1, -0.05) is 30.0 Å². The summed E-state index contributed by atoms with van der Waals surface area (Å²) in [5, 5.41) is 19.0. The zero-order valence-electron chi connectivity index (χ0n) is 10.1. The Morgan fingerprint density at radius 1 is 1.58 bits per heavy atom. The Morgan fingerprint density at radius 3 is 2.95 bits per heavy atom. The smallest absolute Gasteiger partial charge is 0.313 e. The maximum atomic E-state index is 11.1. The van der Waals surface area contributed by atoms with Crippen LogP contribution in [0.15, 0.2) is 15.3 Å². The van der Waals surface area contributed by atoms with Gasteiger partial charge in [-0.25, -0.2) is 0 Å². The van der Waals surface area contributed by atoms with Crippen LogP contribution in [-0.2, 0) is 17.8 Å². The molecule has 19 heavy (non-hydrogen) atoms. The van der Waals surface area contributed by atoms with Crippen LogP contribution in [0, 0.1) is 0 Å². The predicted molar refractivity (Wildman–Crippen MR) is 71.8 cm³/mol. The molecule has 0 fully saturated rings. The largest absolute Gasteiger partial charge is 0.481 e. The van der Waals surface area contributed by atoms with Gasteiger partial charge in [0.1, 0.15) is 5.82 Å². The molecule has 0 aliphatic heterocycles. The van der Waals surface area contributed by atoms with E-state index in [1.165, 1.54) is 0 Å². The lowest BCUT2D eigenvalue weighted by Gasteiger charge is -2.06. The van der Waals surface area contributed by atoms with E-state index in [9.17, 15) is 9.59 Å². The van der Waals surface area contributed by atoms with E-state index in [1.54, 1.807) is 5.38 Å². The third-order valence-corrected chi connectivity index (χ3v) is 4.00. The summed E-state index contributed by atoms with van der Waals surface area (Å²) < 4.78 is 1.82. The molecule has 7 nitrogen and oxygen atoms in total. The van der Waals surface area contributed by atoms with Gasteiger partial charge in [-0.3, -0.25) is 14.2 Å². The number of carboxylic acids is 1. The molecule has 102 valence electrons. The van der Waals surface area contributed by atoms with E-state index in [1.807, 2.05) is 11.5 Å². The molecule has 2 N–H and O–H groups in total. The number of aryl methyl sites for hydroxylation is 1. The number of aromatic nitrogens is 4. The number of aromatic amines is 1. The van der Waals surface area contributed by atoms with E-state index in [2.05, 4.69) is 15.2 Å². The molecule has 0 spiro atoms. The summed E-state index contributed by atoms with van der Waals surface area (Å²) in [4.78, 5) is 24.3. The molecular weight excluding hydrogens is 288 g/mol. The van der Waals surface area contributed by atoms with Gasteiger partial charge in [0.25, 0.3) is 0 Å². The average molecular weight is 300 g/mol. The molecule has 9 heteroatoms. The Bertz CT molecular complexity index is 631. The van der Waals surface area contributed by atoms with Gasteiger partial charge in [0.2, 0.25) is 0 Å². The molecule has 0 bridgehead atoms. The van der Waals surface area contributed by atoms with Crippen LogP contribution in [0.25, 0.3) is 0 Å². The number of rotatable bonds is 6. The summed E-state index contributed by atoms with van der Waals surface area (Å²) in [5.74, 6) is -0.205. The van der Waals surface area contributed by atoms with Crippen molar-refractivity contribution in [2.24, 2.45) is 0 Å². The van der Waals surface area contributed by atoms with Gasteiger partial charge >= 0.3 is 10.8 Å². The van der Waals surface area contributed by atoms with Crippen LogP contribution in [-0.4, -0.2) is 36.6 Å². The van der Waals surface area contributed by atoms with Crippen LogP contribution in [0.2, 0.25) is 0 Å². The second kappa shape index (κ2) is 6.02. The minimum absolute atomic E-state index is 0.0675. The van der Waals surface area contributed by atoms with Crippen LogP contribution in [0.5, 0.6) is 0 Å². The van der Waals surface area contributed by atoms with Crippen LogP contribution < -0.4 is 4.87 Å². The van der Waals surface area contributed by atoms with Gasteiger partial charge in [0.05, 0.1) is 12.3 Å². The molecule has 2 aromatic rings. The lowest BCUT2D eigenvalue weighted by Crippen LogP contribution is -2.09. The molecule has 0 unspecified atom stereocenters. The van der Waals surface area contributed by atoms with Crippen molar-refractivity contribution in [3.05, 3.63) is 26.6 Å². The summed E-state index contributed by atoms with van der Waals surface area (Å²) in [6.45, 7) is 2.39. The molecule has 0 saturated carbocycles. The molecule has 2 rings (SSSR count). The highest BCUT2D eigenvalue weighted by Gasteiger charge is 2.13. The zero-order chi connectivity index (χ0) is 13.8. The van der Waals surface area contributed by atoms with Gasteiger partial charge < -0.3 is 10.1 Å². The maximum Gasteiger partial charge on any atom is 0.313 e. The summed E-state index contributed by atoms with van der Waals surface area (Å²) in [5.41, 5.74) is 0.765.